The summed E-state index contributed by atoms with van der Waals surface area (Å²) in [6.45, 7) is 0. The normalized spacial score (nSPS) is 27.4. The average Bonchev–Trinajstić information content (AvgIpc) is 3.07. The molecule has 1 spiro atoms. The van der Waals surface area contributed by atoms with Crippen molar-refractivity contribution < 1.29 is 8.42 Å². The number of rotatable bonds is 1. The molecule has 1 aromatic heterocycles. The first-order valence-electron chi connectivity index (χ1n) is 8.39. The maximum absolute atomic E-state index is 11.6. The van der Waals surface area contributed by atoms with Crippen LogP contribution in [0.15, 0.2) is 36.8 Å². The minimum absolute atomic E-state index is 0.102. The van der Waals surface area contributed by atoms with Gasteiger partial charge in [0.25, 0.3) is 0 Å². The molecule has 4 nitrogen and oxygen atoms in total. The van der Waals surface area contributed by atoms with Gasteiger partial charge < -0.3 is 4.57 Å². The van der Waals surface area contributed by atoms with Gasteiger partial charge in [-0.3, -0.25) is 0 Å². The summed E-state index contributed by atoms with van der Waals surface area (Å²) in [4.78, 5) is 4.35. The highest BCUT2D eigenvalue weighted by atomic mass is 32.2. The summed E-state index contributed by atoms with van der Waals surface area (Å²) in [5.74, 6) is 1.43. The van der Waals surface area contributed by atoms with Gasteiger partial charge in [0.05, 0.1) is 35.8 Å². The lowest BCUT2D eigenvalue weighted by molar-refractivity contribution is 0.156. The molecule has 5 rings (SSSR count). The molecule has 23 heavy (non-hydrogen) atoms. The van der Waals surface area contributed by atoms with Crippen LogP contribution in [0.2, 0.25) is 0 Å². The number of sulfone groups is 1. The second kappa shape index (κ2) is 4.47. The fourth-order valence-corrected chi connectivity index (χ4v) is 7.46. The minimum atomic E-state index is -2.73. The van der Waals surface area contributed by atoms with Gasteiger partial charge in [-0.2, -0.15) is 0 Å². The molecule has 3 heterocycles. The van der Waals surface area contributed by atoms with E-state index in [-0.39, 0.29) is 5.41 Å². The molecule has 2 aliphatic heterocycles. The van der Waals surface area contributed by atoms with Crippen molar-refractivity contribution in [2.75, 3.05) is 11.5 Å². The molecule has 2 aromatic rings. The molecule has 1 aromatic carbocycles. The molecule has 0 bridgehead atoms. The summed E-state index contributed by atoms with van der Waals surface area (Å²) in [5, 5.41) is 0. The van der Waals surface area contributed by atoms with Gasteiger partial charge in [0.1, 0.15) is 0 Å². The third kappa shape index (κ3) is 1.95. The molecule has 120 valence electrons. The van der Waals surface area contributed by atoms with Crippen molar-refractivity contribution in [3.8, 4) is 11.3 Å². The van der Waals surface area contributed by atoms with Gasteiger partial charge in [0, 0.05) is 5.56 Å². The molecule has 1 atom stereocenters. The summed E-state index contributed by atoms with van der Waals surface area (Å²) in [6.07, 6.45) is 8.26. The third-order valence-electron chi connectivity index (χ3n) is 6.11. The van der Waals surface area contributed by atoms with Crippen LogP contribution in [0.25, 0.3) is 11.3 Å². The second-order valence-corrected chi connectivity index (χ2v) is 9.65. The lowest BCUT2D eigenvalue weighted by Gasteiger charge is -2.47. The molecule has 2 fully saturated rings. The van der Waals surface area contributed by atoms with Crippen molar-refractivity contribution in [2.24, 2.45) is 11.3 Å². The number of hydrogen-bond acceptors (Lipinski definition) is 3. The van der Waals surface area contributed by atoms with Crippen molar-refractivity contribution in [3.63, 3.8) is 0 Å². The molecule has 0 N–H and O–H groups in total. The van der Waals surface area contributed by atoms with Crippen molar-refractivity contribution in [1.82, 2.24) is 9.55 Å². The monoisotopic (exact) mass is 328 g/mol. The van der Waals surface area contributed by atoms with Crippen LogP contribution in [0.1, 0.15) is 37.3 Å². The van der Waals surface area contributed by atoms with Crippen LogP contribution in [-0.2, 0) is 9.84 Å². The summed E-state index contributed by atoms with van der Waals surface area (Å²) in [5.41, 5.74) is 4.04. The third-order valence-corrected chi connectivity index (χ3v) is 8.22. The van der Waals surface area contributed by atoms with Gasteiger partial charge in [-0.1, -0.05) is 24.3 Å². The Bertz CT molecular complexity index is 862. The van der Waals surface area contributed by atoms with Crippen molar-refractivity contribution >= 4 is 9.84 Å². The standard InChI is InChI=1S/C18H20N2O2S/c21-23(22)10-18(11-23)7-5-13(6-8-18)17-15-4-2-1-3-14(15)16-9-19-12-20(16)17/h1-4,9,12-13,17H,5-8,10-11H2. The van der Waals surface area contributed by atoms with Gasteiger partial charge in [-0.05, 0) is 42.6 Å². The van der Waals surface area contributed by atoms with E-state index in [1.165, 1.54) is 16.8 Å². The maximum atomic E-state index is 11.6. The zero-order valence-electron chi connectivity index (χ0n) is 13.0. The average molecular weight is 328 g/mol. The van der Waals surface area contributed by atoms with Gasteiger partial charge >= 0.3 is 0 Å². The van der Waals surface area contributed by atoms with Crippen LogP contribution in [-0.4, -0.2) is 29.5 Å². The largest absolute Gasteiger partial charge is 0.323 e. The predicted octanol–water partition coefficient (Wildman–Crippen LogP) is 3.06. The Balaban J connectivity index is 1.44. The highest BCUT2D eigenvalue weighted by molar-refractivity contribution is 7.92. The van der Waals surface area contributed by atoms with E-state index < -0.39 is 9.84 Å². The number of imidazole rings is 1. The first-order valence-corrected chi connectivity index (χ1v) is 10.2. The Labute approximate surface area is 136 Å². The van der Waals surface area contributed by atoms with Crippen molar-refractivity contribution in [2.45, 2.75) is 31.7 Å². The summed E-state index contributed by atoms with van der Waals surface area (Å²) >= 11 is 0. The minimum Gasteiger partial charge on any atom is -0.323 e. The molecule has 0 radical (unpaired) electrons. The predicted molar refractivity (Wildman–Crippen MR) is 88.8 cm³/mol. The first-order chi connectivity index (χ1) is 11.1. The lowest BCUT2D eigenvalue weighted by Crippen LogP contribution is -2.50. The molecule has 1 saturated carbocycles. The maximum Gasteiger partial charge on any atom is 0.151 e. The van der Waals surface area contributed by atoms with Gasteiger partial charge in [0.2, 0.25) is 0 Å². The number of hydrogen-bond donors (Lipinski definition) is 0. The molecule has 1 aliphatic carbocycles. The van der Waals surface area contributed by atoms with E-state index in [0.717, 1.165) is 25.7 Å². The number of fused-ring (bicyclic) bond motifs is 3. The topological polar surface area (TPSA) is 52.0 Å². The van der Waals surface area contributed by atoms with Gasteiger partial charge in [0.15, 0.2) is 9.84 Å². The summed E-state index contributed by atoms with van der Waals surface area (Å²) < 4.78 is 25.5. The van der Waals surface area contributed by atoms with Gasteiger partial charge in [-0.25, -0.2) is 13.4 Å². The van der Waals surface area contributed by atoms with Crippen molar-refractivity contribution in [3.05, 3.63) is 42.4 Å². The molecular formula is C18H20N2O2S. The molecule has 5 heteroatoms. The summed E-state index contributed by atoms with van der Waals surface area (Å²) in [6, 6.07) is 9.01. The molecule has 1 unspecified atom stereocenters. The van der Waals surface area contributed by atoms with E-state index in [9.17, 15) is 8.42 Å². The quantitative estimate of drug-likeness (QED) is 0.808. The van der Waals surface area contributed by atoms with Gasteiger partial charge in [-0.15, -0.1) is 0 Å². The number of benzene rings is 1. The highest BCUT2D eigenvalue weighted by Gasteiger charge is 2.51. The van der Waals surface area contributed by atoms with E-state index in [1.54, 1.807) is 0 Å². The molecule has 1 saturated heterocycles. The first kappa shape index (κ1) is 13.8. The molecule has 3 aliphatic rings. The second-order valence-electron chi connectivity index (χ2n) is 7.59. The smallest absolute Gasteiger partial charge is 0.151 e. The Morgan fingerprint density at radius 1 is 1.13 bits per heavy atom. The highest BCUT2D eigenvalue weighted by Crippen LogP contribution is 2.52. The number of nitrogens with zero attached hydrogens (tertiary/aromatic N) is 2. The number of aromatic nitrogens is 2. The van der Waals surface area contributed by atoms with E-state index in [4.69, 9.17) is 0 Å². The lowest BCUT2D eigenvalue weighted by atomic mass is 9.69. The zero-order chi connectivity index (χ0) is 15.7. The zero-order valence-corrected chi connectivity index (χ0v) is 13.8. The van der Waals surface area contributed by atoms with Crippen LogP contribution >= 0.6 is 0 Å². The Morgan fingerprint density at radius 2 is 1.87 bits per heavy atom. The van der Waals surface area contributed by atoms with E-state index >= 15 is 0 Å². The van der Waals surface area contributed by atoms with Crippen LogP contribution in [0.3, 0.4) is 0 Å². The van der Waals surface area contributed by atoms with E-state index in [1.807, 2.05) is 12.5 Å². The fourth-order valence-electron chi connectivity index (χ4n) is 5.10. The Morgan fingerprint density at radius 3 is 2.61 bits per heavy atom. The summed E-state index contributed by atoms with van der Waals surface area (Å²) in [7, 11) is -2.73. The van der Waals surface area contributed by atoms with E-state index in [2.05, 4.69) is 33.8 Å². The fraction of sp³-hybridized carbons (Fsp3) is 0.500. The molecule has 0 amide bonds. The van der Waals surface area contributed by atoms with Crippen LogP contribution in [0, 0.1) is 11.3 Å². The van der Waals surface area contributed by atoms with E-state index in [0.29, 0.717) is 23.5 Å². The Hall–Kier alpha value is -1.62. The van der Waals surface area contributed by atoms with Crippen LogP contribution in [0.4, 0.5) is 0 Å². The van der Waals surface area contributed by atoms with Crippen LogP contribution < -0.4 is 0 Å². The van der Waals surface area contributed by atoms with Crippen molar-refractivity contribution in [1.29, 1.82) is 0 Å². The molecular weight excluding hydrogens is 308 g/mol. The Kier molecular flexibility index (Phi) is 2.68. The van der Waals surface area contributed by atoms with Crippen LogP contribution in [0.5, 0.6) is 0 Å². The SMILES string of the molecule is O=S1(=O)CC2(CCC(C3c4ccccc4-c4cncn43)CC2)C1.